The number of fused-ring (bicyclic) bond motifs is 1. The lowest BCUT2D eigenvalue weighted by molar-refractivity contribution is -0.122. The summed E-state index contributed by atoms with van der Waals surface area (Å²) in [6.45, 7) is 5.69. The van der Waals surface area contributed by atoms with Crippen LogP contribution in [0, 0.1) is 6.92 Å². The molecule has 0 spiro atoms. The van der Waals surface area contributed by atoms with Crippen molar-refractivity contribution in [1.82, 2.24) is 15.1 Å². The van der Waals surface area contributed by atoms with E-state index in [1.807, 2.05) is 29.3 Å². The second-order valence-electron chi connectivity index (χ2n) is 6.23. The molecule has 28 heavy (non-hydrogen) atoms. The fraction of sp³-hybridized carbons (Fsp3) is 0.444. The van der Waals surface area contributed by atoms with E-state index in [1.165, 1.54) is 11.3 Å². The van der Waals surface area contributed by atoms with E-state index in [9.17, 15) is 4.79 Å². The number of amides is 1. The standard InChI is InChI=1S/C17H20N4O3S.CH2O2/c1-12-3-4-14(19-18-12)20-5-2-6-21(8-7-20)17(22)16-15-13(11-25-16)23-9-10-24-15;2-1-3/h3-4,11H,2,5-10H2,1H3;1H,(H,2,3). The van der Waals surface area contributed by atoms with E-state index in [4.69, 9.17) is 19.4 Å². The van der Waals surface area contributed by atoms with Gasteiger partial charge in [0.25, 0.3) is 12.4 Å². The van der Waals surface area contributed by atoms with E-state index < -0.39 is 0 Å². The van der Waals surface area contributed by atoms with Gasteiger partial charge in [0.05, 0.1) is 5.69 Å². The van der Waals surface area contributed by atoms with Crippen LogP contribution in [0.1, 0.15) is 21.8 Å². The molecule has 4 heterocycles. The molecule has 0 radical (unpaired) electrons. The molecule has 0 unspecified atom stereocenters. The summed E-state index contributed by atoms with van der Waals surface area (Å²) in [7, 11) is 0. The minimum absolute atomic E-state index is 0.0218. The molecular formula is C18H22N4O5S. The highest BCUT2D eigenvalue weighted by atomic mass is 32.1. The summed E-state index contributed by atoms with van der Waals surface area (Å²) in [6.07, 6.45) is 0.895. The van der Waals surface area contributed by atoms with Crippen LogP contribution in [-0.4, -0.2) is 72.0 Å². The molecule has 4 rings (SSSR count). The highest BCUT2D eigenvalue weighted by Gasteiger charge is 2.28. The van der Waals surface area contributed by atoms with Crippen molar-refractivity contribution in [2.45, 2.75) is 13.3 Å². The quantitative estimate of drug-likeness (QED) is 0.751. The first-order valence-electron chi connectivity index (χ1n) is 8.93. The van der Waals surface area contributed by atoms with Gasteiger partial charge in [0.1, 0.15) is 18.1 Å². The molecule has 0 saturated carbocycles. The van der Waals surface area contributed by atoms with Crippen LogP contribution in [0.25, 0.3) is 0 Å². The van der Waals surface area contributed by atoms with Gasteiger partial charge in [-0.15, -0.1) is 16.4 Å². The van der Waals surface area contributed by atoms with Gasteiger partial charge in [-0.2, -0.15) is 5.10 Å². The number of anilines is 1. The molecule has 0 bridgehead atoms. The SMILES string of the molecule is Cc1ccc(N2CCCN(C(=O)c3scc4c3OCCO4)CC2)nn1.O=CO. The van der Waals surface area contributed by atoms with Gasteiger partial charge in [0.2, 0.25) is 0 Å². The lowest BCUT2D eigenvalue weighted by Crippen LogP contribution is -2.35. The van der Waals surface area contributed by atoms with Crippen molar-refractivity contribution in [3.63, 3.8) is 0 Å². The molecule has 150 valence electrons. The van der Waals surface area contributed by atoms with Crippen molar-refractivity contribution in [2.24, 2.45) is 0 Å². The van der Waals surface area contributed by atoms with Crippen molar-refractivity contribution in [3.8, 4) is 11.5 Å². The lowest BCUT2D eigenvalue weighted by atomic mass is 10.3. The van der Waals surface area contributed by atoms with Gasteiger partial charge in [0.15, 0.2) is 17.3 Å². The third-order valence-electron chi connectivity index (χ3n) is 4.39. The monoisotopic (exact) mass is 406 g/mol. The van der Waals surface area contributed by atoms with Gasteiger partial charge in [-0.1, -0.05) is 0 Å². The fourth-order valence-electron chi connectivity index (χ4n) is 3.06. The molecule has 1 saturated heterocycles. The number of thiophene rings is 1. The Morgan fingerprint density at radius 2 is 1.96 bits per heavy atom. The predicted molar refractivity (Wildman–Crippen MR) is 104 cm³/mol. The van der Waals surface area contributed by atoms with Crippen molar-refractivity contribution < 1.29 is 24.2 Å². The van der Waals surface area contributed by atoms with Crippen molar-refractivity contribution in [2.75, 3.05) is 44.3 Å². The van der Waals surface area contributed by atoms with E-state index in [0.717, 1.165) is 37.6 Å². The van der Waals surface area contributed by atoms with Gasteiger partial charge in [-0.3, -0.25) is 9.59 Å². The second-order valence-corrected chi connectivity index (χ2v) is 7.11. The second kappa shape index (κ2) is 9.36. The van der Waals surface area contributed by atoms with E-state index in [-0.39, 0.29) is 12.4 Å². The van der Waals surface area contributed by atoms with Crippen LogP contribution in [-0.2, 0) is 4.79 Å². The first-order valence-corrected chi connectivity index (χ1v) is 9.81. The molecule has 0 aliphatic carbocycles. The van der Waals surface area contributed by atoms with Gasteiger partial charge < -0.3 is 24.4 Å². The highest BCUT2D eigenvalue weighted by Crippen LogP contribution is 2.40. The molecule has 2 aromatic heterocycles. The maximum atomic E-state index is 12.9. The molecule has 0 atom stereocenters. The molecule has 2 aromatic rings. The molecule has 2 aliphatic rings. The van der Waals surface area contributed by atoms with Crippen molar-refractivity contribution in [3.05, 3.63) is 28.1 Å². The number of hydrogen-bond donors (Lipinski definition) is 1. The number of nitrogens with zero attached hydrogens (tertiary/aromatic N) is 4. The summed E-state index contributed by atoms with van der Waals surface area (Å²) in [5.74, 6) is 2.18. The summed E-state index contributed by atoms with van der Waals surface area (Å²) in [4.78, 5) is 26.0. The molecule has 2 aliphatic heterocycles. The van der Waals surface area contributed by atoms with E-state index in [1.54, 1.807) is 0 Å². The number of hydrogen-bond acceptors (Lipinski definition) is 8. The molecule has 9 nitrogen and oxygen atoms in total. The number of aryl methyl sites for hydroxylation is 1. The van der Waals surface area contributed by atoms with Gasteiger partial charge in [0, 0.05) is 31.6 Å². The van der Waals surface area contributed by atoms with Crippen molar-refractivity contribution >= 4 is 29.5 Å². The van der Waals surface area contributed by atoms with E-state index in [0.29, 0.717) is 36.1 Å². The number of carbonyl (C=O) groups excluding carboxylic acids is 1. The summed E-state index contributed by atoms with van der Waals surface area (Å²) in [5.41, 5.74) is 0.903. The highest BCUT2D eigenvalue weighted by molar-refractivity contribution is 7.12. The Morgan fingerprint density at radius 1 is 1.18 bits per heavy atom. The third-order valence-corrected chi connectivity index (χ3v) is 5.31. The Labute approximate surface area is 166 Å². The zero-order chi connectivity index (χ0) is 19.9. The Kier molecular flexibility index (Phi) is 6.64. The Hall–Kier alpha value is -2.88. The average molecular weight is 406 g/mol. The average Bonchev–Trinajstić information content (AvgIpc) is 2.98. The Bertz CT molecular complexity index is 811. The summed E-state index contributed by atoms with van der Waals surface area (Å²) >= 11 is 1.40. The summed E-state index contributed by atoms with van der Waals surface area (Å²) < 4.78 is 11.2. The zero-order valence-corrected chi connectivity index (χ0v) is 16.4. The fourth-order valence-corrected chi connectivity index (χ4v) is 3.96. The van der Waals surface area contributed by atoms with Crippen LogP contribution >= 0.6 is 11.3 Å². The van der Waals surface area contributed by atoms with Gasteiger partial charge in [-0.05, 0) is 25.5 Å². The van der Waals surface area contributed by atoms with Crippen LogP contribution in [0.3, 0.4) is 0 Å². The zero-order valence-electron chi connectivity index (χ0n) is 15.5. The largest absolute Gasteiger partial charge is 0.485 e. The minimum Gasteiger partial charge on any atom is -0.485 e. The molecule has 10 heteroatoms. The Balaban J connectivity index is 0.000000706. The number of ether oxygens (including phenoxy) is 2. The molecular weight excluding hydrogens is 384 g/mol. The van der Waals surface area contributed by atoms with E-state index in [2.05, 4.69) is 15.1 Å². The van der Waals surface area contributed by atoms with Gasteiger partial charge >= 0.3 is 0 Å². The van der Waals surface area contributed by atoms with Crippen LogP contribution in [0.5, 0.6) is 11.5 Å². The first-order chi connectivity index (χ1) is 13.6. The van der Waals surface area contributed by atoms with Crippen LogP contribution in [0.2, 0.25) is 0 Å². The number of carbonyl (C=O) groups is 2. The number of aromatic nitrogens is 2. The summed E-state index contributed by atoms with van der Waals surface area (Å²) in [5, 5.41) is 17.1. The van der Waals surface area contributed by atoms with Crippen LogP contribution in [0.15, 0.2) is 17.5 Å². The van der Waals surface area contributed by atoms with E-state index >= 15 is 0 Å². The minimum atomic E-state index is -0.250. The predicted octanol–water partition coefficient (Wildman–Crippen LogP) is 1.67. The smallest absolute Gasteiger partial charge is 0.290 e. The summed E-state index contributed by atoms with van der Waals surface area (Å²) in [6, 6.07) is 3.95. The molecule has 1 amide bonds. The van der Waals surface area contributed by atoms with Crippen LogP contribution < -0.4 is 14.4 Å². The topological polar surface area (TPSA) is 105 Å². The maximum absolute atomic E-state index is 12.9. The first kappa shape index (κ1) is 19.9. The van der Waals surface area contributed by atoms with Crippen LogP contribution in [0.4, 0.5) is 5.82 Å². The third kappa shape index (κ3) is 4.50. The van der Waals surface area contributed by atoms with Crippen molar-refractivity contribution in [1.29, 1.82) is 0 Å². The lowest BCUT2D eigenvalue weighted by Gasteiger charge is -2.23. The normalized spacial score (nSPS) is 15.9. The molecule has 1 fully saturated rings. The Morgan fingerprint density at radius 3 is 2.71 bits per heavy atom. The number of rotatable bonds is 2. The number of carboxylic acid groups (broad SMARTS) is 1. The molecule has 1 N–H and O–H groups in total. The van der Waals surface area contributed by atoms with Gasteiger partial charge in [-0.25, -0.2) is 0 Å². The molecule has 0 aromatic carbocycles. The maximum Gasteiger partial charge on any atom is 0.290 e.